The van der Waals surface area contributed by atoms with E-state index in [-0.39, 0.29) is 23.7 Å². The number of amides is 2. The van der Waals surface area contributed by atoms with Crippen LogP contribution in [0.3, 0.4) is 0 Å². The molecule has 30 heavy (non-hydrogen) atoms. The Bertz CT molecular complexity index is 1080. The Labute approximate surface area is 174 Å². The molecule has 2 heterocycles. The van der Waals surface area contributed by atoms with Crippen LogP contribution in [0.1, 0.15) is 25.0 Å². The first-order valence-corrected chi connectivity index (χ1v) is 10.5. The molecule has 2 aromatic heterocycles. The van der Waals surface area contributed by atoms with Crippen molar-refractivity contribution < 1.29 is 9.59 Å². The van der Waals surface area contributed by atoms with Gasteiger partial charge in [-0.05, 0) is 62.3 Å². The van der Waals surface area contributed by atoms with Gasteiger partial charge in [-0.15, -0.1) is 5.10 Å². The van der Waals surface area contributed by atoms with Crippen LogP contribution in [0.25, 0.3) is 17.0 Å². The minimum atomic E-state index is -0.239. The van der Waals surface area contributed by atoms with Crippen molar-refractivity contribution in [2.75, 3.05) is 19.4 Å². The predicted octanol–water partition coefficient (Wildman–Crippen LogP) is 2.72. The smallest absolute Gasteiger partial charge is 0.228 e. The maximum Gasteiger partial charge on any atom is 0.228 e. The van der Waals surface area contributed by atoms with Crippen molar-refractivity contribution in [2.45, 2.75) is 26.2 Å². The topological polar surface area (TPSA) is 95.4 Å². The number of aromatic nitrogens is 4. The standard InChI is InChI=1S/C22H26N6O2/c1-12-10-17-24-20(26-28(17)25-12)13-6-8-16(9-7-13)23-21(29)18-14-4-5-15(11-14)19(18)22(30)27(2)3/h6-10,14-15,18-19,25H,4-5,11H2,1-3H3,(H,23,29). The summed E-state index contributed by atoms with van der Waals surface area (Å²) in [5.41, 5.74) is 3.38. The second-order valence-electron chi connectivity index (χ2n) is 8.83. The Morgan fingerprint density at radius 2 is 1.83 bits per heavy atom. The van der Waals surface area contributed by atoms with Crippen LogP contribution in [0.4, 0.5) is 5.69 Å². The summed E-state index contributed by atoms with van der Waals surface area (Å²) in [4.78, 5) is 31.9. The summed E-state index contributed by atoms with van der Waals surface area (Å²) >= 11 is 0. The second-order valence-corrected chi connectivity index (χ2v) is 8.83. The first kappa shape index (κ1) is 18.8. The lowest BCUT2D eigenvalue weighted by molar-refractivity contribution is -0.140. The third kappa shape index (κ3) is 3.07. The molecule has 2 N–H and O–H groups in total. The van der Waals surface area contributed by atoms with Crippen LogP contribution in [-0.4, -0.2) is 50.6 Å². The van der Waals surface area contributed by atoms with Gasteiger partial charge in [-0.1, -0.05) is 0 Å². The number of hydrogen-bond donors (Lipinski definition) is 2. The number of carbonyl (C=O) groups is 2. The maximum absolute atomic E-state index is 13.1. The third-order valence-electron chi connectivity index (χ3n) is 6.62. The Kier molecular flexibility index (Phi) is 4.38. The van der Waals surface area contributed by atoms with Crippen LogP contribution < -0.4 is 5.32 Å². The number of hydrogen-bond acceptors (Lipinski definition) is 4. The minimum Gasteiger partial charge on any atom is -0.349 e. The number of nitrogens with zero attached hydrogens (tertiary/aromatic N) is 4. The molecule has 2 amide bonds. The highest BCUT2D eigenvalue weighted by Crippen LogP contribution is 2.53. The number of benzene rings is 1. The first-order valence-electron chi connectivity index (χ1n) is 10.5. The van der Waals surface area contributed by atoms with E-state index in [1.807, 2.05) is 37.3 Å². The Morgan fingerprint density at radius 1 is 1.13 bits per heavy atom. The van der Waals surface area contributed by atoms with Crippen molar-refractivity contribution in [1.82, 2.24) is 24.7 Å². The number of rotatable bonds is 4. The molecule has 5 rings (SSSR count). The van der Waals surface area contributed by atoms with E-state index in [9.17, 15) is 9.59 Å². The van der Waals surface area contributed by atoms with E-state index in [4.69, 9.17) is 0 Å². The predicted molar refractivity (Wildman–Crippen MR) is 113 cm³/mol. The van der Waals surface area contributed by atoms with Gasteiger partial charge in [0, 0.05) is 37.1 Å². The fraction of sp³-hybridized carbons (Fsp3) is 0.455. The van der Waals surface area contributed by atoms with E-state index in [1.54, 1.807) is 23.6 Å². The Hall–Kier alpha value is -3.16. The molecule has 3 aromatic rings. The maximum atomic E-state index is 13.1. The van der Waals surface area contributed by atoms with E-state index in [0.717, 1.165) is 41.9 Å². The van der Waals surface area contributed by atoms with Crippen LogP contribution >= 0.6 is 0 Å². The van der Waals surface area contributed by atoms with Gasteiger partial charge in [0.05, 0.1) is 11.8 Å². The molecule has 2 aliphatic rings. The summed E-state index contributed by atoms with van der Waals surface area (Å²) in [6.07, 6.45) is 3.08. The number of aromatic amines is 1. The minimum absolute atomic E-state index is 0.0425. The molecule has 1 aromatic carbocycles. The van der Waals surface area contributed by atoms with Crippen LogP contribution in [0, 0.1) is 30.6 Å². The zero-order valence-corrected chi connectivity index (χ0v) is 17.4. The van der Waals surface area contributed by atoms with E-state index < -0.39 is 0 Å². The van der Waals surface area contributed by atoms with Crippen molar-refractivity contribution in [2.24, 2.45) is 23.7 Å². The van der Waals surface area contributed by atoms with Gasteiger partial charge in [0.25, 0.3) is 0 Å². The summed E-state index contributed by atoms with van der Waals surface area (Å²) in [5, 5.41) is 10.6. The highest BCUT2D eigenvalue weighted by Gasteiger charge is 2.54. The molecule has 2 fully saturated rings. The third-order valence-corrected chi connectivity index (χ3v) is 6.62. The zero-order chi connectivity index (χ0) is 21.0. The lowest BCUT2D eigenvalue weighted by Gasteiger charge is -2.31. The van der Waals surface area contributed by atoms with Crippen LogP contribution in [0.15, 0.2) is 30.3 Å². The van der Waals surface area contributed by atoms with Crippen molar-refractivity contribution in [3.05, 3.63) is 36.0 Å². The molecule has 156 valence electrons. The van der Waals surface area contributed by atoms with Crippen molar-refractivity contribution in [3.63, 3.8) is 0 Å². The van der Waals surface area contributed by atoms with E-state index in [1.165, 1.54) is 0 Å². The van der Waals surface area contributed by atoms with Gasteiger partial charge in [-0.2, -0.15) is 4.63 Å². The lowest BCUT2D eigenvalue weighted by atomic mass is 9.78. The molecule has 0 radical (unpaired) electrons. The Balaban J connectivity index is 1.32. The SMILES string of the molecule is Cc1cc2nc(-c3ccc(NC(=O)C4C5CCC(C5)C4C(=O)N(C)C)cc3)nn2[nH]1. The fourth-order valence-corrected chi connectivity index (χ4v) is 5.27. The van der Waals surface area contributed by atoms with Crippen molar-refractivity contribution >= 4 is 23.1 Å². The van der Waals surface area contributed by atoms with Crippen LogP contribution in [0.5, 0.6) is 0 Å². The summed E-state index contributed by atoms with van der Waals surface area (Å²) in [6.45, 7) is 1.96. The van der Waals surface area contributed by atoms with E-state index >= 15 is 0 Å². The molecule has 8 heteroatoms. The van der Waals surface area contributed by atoms with Gasteiger partial charge in [-0.3, -0.25) is 14.7 Å². The molecule has 0 spiro atoms. The van der Waals surface area contributed by atoms with Gasteiger partial charge in [0.15, 0.2) is 11.5 Å². The number of fused-ring (bicyclic) bond motifs is 3. The summed E-state index contributed by atoms with van der Waals surface area (Å²) in [7, 11) is 3.54. The van der Waals surface area contributed by atoms with Gasteiger partial charge in [0.2, 0.25) is 11.8 Å². The summed E-state index contributed by atoms with van der Waals surface area (Å²) in [5.74, 6) is 0.876. The normalized spacial score (nSPS) is 25.0. The Morgan fingerprint density at radius 3 is 2.50 bits per heavy atom. The molecule has 4 atom stereocenters. The first-order chi connectivity index (χ1) is 14.4. The molecule has 0 aliphatic heterocycles. The molecule has 0 saturated heterocycles. The summed E-state index contributed by atoms with van der Waals surface area (Å²) < 4.78 is 1.65. The van der Waals surface area contributed by atoms with Crippen molar-refractivity contribution in [1.29, 1.82) is 0 Å². The molecule has 4 unspecified atom stereocenters. The average Bonchev–Trinajstić information content (AvgIpc) is 3.47. The highest BCUT2D eigenvalue weighted by molar-refractivity contribution is 5.97. The van der Waals surface area contributed by atoms with Gasteiger partial charge < -0.3 is 10.2 Å². The van der Waals surface area contributed by atoms with Crippen molar-refractivity contribution in [3.8, 4) is 11.4 Å². The summed E-state index contributed by atoms with van der Waals surface area (Å²) in [6, 6.07) is 9.47. The van der Waals surface area contributed by atoms with E-state index in [0.29, 0.717) is 17.7 Å². The molecule has 2 bridgehead atoms. The molecule has 8 nitrogen and oxygen atoms in total. The second kappa shape index (κ2) is 6.97. The highest BCUT2D eigenvalue weighted by atomic mass is 16.2. The van der Waals surface area contributed by atoms with Gasteiger partial charge in [-0.25, -0.2) is 4.98 Å². The van der Waals surface area contributed by atoms with Gasteiger partial charge >= 0.3 is 0 Å². The largest absolute Gasteiger partial charge is 0.349 e. The van der Waals surface area contributed by atoms with E-state index in [2.05, 4.69) is 20.5 Å². The zero-order valence-electron chi connectivity index (χ0n) is 17.4. The number of nitrogens with one attached hydrogen (secondary N) is 2. The van der Waals surface area contributed by atoms with Crippen LogP contribution in [-0.2, 0) is 9.59 Å². The number of anilines is 1. The molecule has 2 saturated carbocycles. The average molecular weight is 406 g/mol. The lowest BCUT2D eigenvalue weighted by Crippen LogP contribution is -2.42. The monoisotopic (exact) mass is 406 g/mol. The van der Waals surface area contributed by atoms with Gasteiger partial charge in [0.1, 0.15) is 0 Å². The number of H-pyrrole nitrogens is 1. The molecular weight excluding hydrogens is 380 g/mol. The molecule has 2 aliphatic carbocycles. The quantitative estimate of drug-likeness (QED) is 0.696. The number of carbonyl (C=O) groups excluding carboxylic acids is 2. The molecular formula is C22H26N6O2. The number of aryl methyl sites for hydroxylation is 1. The fourth-order valence-electron chi connectivity index (χ4n) is 5.27. The van der Waals surface area contributed by atoms with Crippen LogP contribution in [0.2, 0.25) is 0 Å².